The number of fused-ring (bicyclic) bond motifs is 1. The van der Waals surface area contributed by atoms with Crippen LogP contribution in [0, 0.1) is 11.7 Å². The largest absolute Gasteiger partial charge is 0.489 e. The molecule has 0 saturated heterocycles. The molecule has 1 aliphatic carbocycles. The number of nitrogens with one attached hydrogen (secondary N) is 1. The molecule has 51 heavy (non-hydrogen) atoms. The minimum absolute atomic E-state index is 0.0984. The number of carboxylic acid groups (broad SMARTS) is 1. The van der Waals surface area contributed by atoms with Crippen LogP contribution in [-0.2, 0) is 41.8 Å². The van der Waals surface area contributed by atoms with Gasteiger partial charge in [-0.25, -0.2) is 9.18 Å². The van der Waals surface area contributed by atoms with Crippen molar-refractivity contribution in [1.29, 1.82) is 0 Å². The van der Waals surface area contributed by atoms with E-state index in [1.165, 1.54) is 0 Å². The minimum atomic E-state index is -4.74. The number of hydrogen-bond acceptors (Lipinski definition) is 4. The monoisotopic (exact) mass is 700 g/mol. The van der Waals surface area contributed by atoms with Crippen LogP contribution >= 0.6 is 0 Å². The molecule has 1 saturated carbocycles. The van der Waals surface area contributed by atoms with Crippen LogP contribution < -0.4 is 10.1 Å². The van der Waals surface area contributed by atoms with Gasteiger partial charge < -0.3 is 20.1 Å². The van der Waals surface area contributed by atoms with Gasteiger partial charge in [-0.2, -0.15) is 13.2 Å². The zero-order valence-corrected chi connectivity index (χ0v) is 28.1. The smallest absolute Gasteiger partial charge is 0.416 e. The molecule has 1 unspecified atom stereocenters. The molecule has 1 aliphatic heterocycles. The van der Waals surface area contributed by atoms with Gasteiger partial charge in [0.15, 0.2) is 0 Å². The SMILES string of the molecule is C=C(CC1CCCC1)N1Cc2cc(OCc3c(F)cccc3C(F)(F)F)ccc2C[C@H]1C(=O)NC(Cc1ccc(-c2ccccc2)cc1)C(=O)O. The van der Waals surface area contributed by atoms with E-state index in [0.29, 0.717) is 12.3 Å². The van der Waals surface area contributed by atoms with Gasteiger partial charge in [-0.1, -0.05) is 99.0 Å². The molecule has 6 rings (SSSR count). The summed E-state index contributed by atoms with van der Waals surface area (Å²) in [5, 5.41) is 12.9. The van der Waals surface area contributed by atoms with E-state index in [9.17, 15) is 32.3 Å². The second-order valence-electron chi connectivity index (χ2n) is 13.4. The summed E-state index contributed by atoms with van der Waals surface area (Å²) in [5.74, 6) is -1.88. The molecule has 0 spiro atoms. The number of halogens is 4. The Labute approximate surface area is 294 Å². The first kappa shape index (κ1) is 35.7. The summed E-state index contributed by atoms with van der Waals surface area (Å²) >= 11 is 0. The third-order valence-electron chi connectivity index (χ3n) is 9.94. The van der Waals surface area contributed by atoms with Crippen LogP contribution in [0.3, 0.4) is 0 Å². The Morgan fingerprint density at radius 2 is 1.63 bits per heavy atom. The van der Waals surface area contributed by atoms with Crippen LogP contribution in [0.25, 0.3) is 11.1 Å². The lowest BCUT2D eigenvalue weighted by atomic mass is 9.91. The average Bonchev–Trinajstić information content (AvgIpc) is 3.63. The van der Waals surface area contributed by atoms with Gasteiger partial charge >= 0.3 is 12.1 Å². The normalized spacial score (nSPS) is 16.7. The van der Waals surface area contributed by atoms with E-state index in [1.54, 1.807) is 18.2 Å². The standard InChI is InChI=1S/C41H40F4N2O4/c1-26(20-27-8-5-6-9-27)47-24-32-22-33(51-25-34-35(41(43,44)45)12-7-13-36(34)42)19-18-31(32)23-38(47)39(48)46-37(40(49)50)21-28-14-16-30(17-15-28)29-10-3-2-4-11-29/h2-4,7,10-19,22,27,37-38H,1,5-6,8-9,20-21,23-25H2,(H,46,48)(H,49,50)/t37?,38-/m0/s1. The number of aliphatic carboxylic acids is 1. The number of benzene rings is 4. The number of rotatable bonds is 12. The highest BCUT2D eigenvalue weighted by atomic mass is 19.4. The highest BCUT2D eigenvalue weighted by Gasteiger charge is 2.36. The van der Waals surface area contributed by atoms with Gasteiger partial charge in [-0.15, -0.1) is 0 Å². The molecular weight excluding hydrogens is 660 g/mol. The number of amides is 1. The van der Waals surface area contributed by atoms with E-state index in [2.05, 4.69) is 11.9 Å². The molecule has 4 aromatic carbocycles. The Balaban J connectivity index is 1.19. The predicted octanol–water partition coefficient (Wildman–Crippen LogP) is 8.72. The molecule has 4 aromatic rings. The Hall–Kier alpha value is -5.12. The first-order valence-electron chi connectivity index (χ1n) is 17.2. The van der Waals surface area contributed by atoms with Gasteiger partial charge in [-0.3, -0.25) is 4.79 Å². The fourth-order valence-electron chi connectivity index (χ4n) is 7.18. The summed E-state index contributed by atoms with van der Waals surface area (Å²) in [6, 6.07) is 23.4. The molecule has 1 amide bonds. The maximum absolute atomic E-state index is 14.5. The number of allylic oxidation sites excluding steroid dienone is 1. The maximum atomic E-state index is 14.5. The van der Waals surface area contributed by atoms with Crippen LogP contribution in [0.15, 0.2) is 103 Å². The quantitative estimate of drug-likeness (QED) is 0.145. The molecule has 2 N–H and O–H groups in total. The number of hydrogen-bond donors (Lipinski definition) is 2. The Morgan fingerprint density at radius 1 is 0.922 bits per heavy atom. The predicted molar refractivity (Wildman–Crippen MR) is 186 cm³/mol. The molecular formula is C41H40F4N2O4. The fourth-order valence-corrected chi connectivity index (χ4v) is 7.18. The van der Waals surface area contributed by atoms with Crippen molar-refractivity contribution in [2.24, 2.45) is 5.92 Å². The Morgan fingerprint density at radius 3 is 2.31 bits per heavy atom. The second kappa shape index (κ2) is 15.4. The summed E-state index contributed by atoms with van der Waals surface area (Å²) in [7, 11) is 0. The van der Waals surface area contributed by atoms with Crippen molar-refractivity contribution in [3.8, 4) is 16.9 Å². The lowest BCUT2D eigenvalue weighted by Gasteiger charge is -2.40. The van der Waals surface area contributed by atoms with E-state index in [1.807, 2.05) is 59.5 Å². The zero-order chi connectivity index (χ0) is 36.1. The first-order valence-corrected chi connectivity index (χ1v) is 17.2. The van der Waals surface area contributed by atoms with E-state index in [4.69, 9.17) is 4.74 Å². The summed E-state index contributed by atoms with van der Waals surface area (Å²) in [4.78, 5) is 28.3. The number of alkyl halides is 3. The lowest BCUT2D eigenvalue weighted by Crippen LogP contribution is -2.54. The minimum Gasteiger partial charge on any atom is -0.489 e. The fraction of sp³-hybridized carbons (Fsp3) is 0.317. The van der Waals surface area contributed by atoms with E-state index in [0.717, 1.165) is 77.4 Å². The van der Waals surface area contributed by atoms with E-state index >= 15 is 0 Å². The van der Waals surface area contributed by atoms with Crippen LogP contribution in [-0.4, -0.2) is 34.0 Å². The summed E-state index contributed by atoms with van der Waals surface area (Å²) in [5.41, 5.74) is 3.52. The van der Waals surface area contributed by atoms with Gasteiger partial charge in [0.25, 0.3) is 0 Å². The summed E-state index contributed by atoms with van der Waals surface area (Å²) in [6.45, 7) is 4.00. The molecule has 1 heterocycles. The topological polar surface area (TPSA) is 78.9 Å². The molecule has 0 bridgehead atoms. The van der Waals surface area contributed by atoms with Gasteiger partial charge in [0, 0.05) is 30.6 Å². The van der Waals surface area contributed by atoms with Crippen molar-refractivity contribution in [2.45, 2.75) is 76.4 Å². The molecule has 6 nitrogen and oxygen atoms in total. The zero-order valence-electron chi connectivity index (χ0n) is 28.1. The van der Waals surface area contributed by atoms with Gasteiger partial charge in [-0.05, 0) is 64.4 Å². The highest BCUT2D eigenvalue weighted by Crippen LogP contribution is 2.36. The first-order chi connectivity index (χ1) is 24.5. The van der Waals surface area contributed by atoms with Gasteiger partial charge in [0.2, 0.25) is 5.91 Å². The molecule has 0 aromatic heterocycles. The van der Waals surface area contributed by atoms with Gasteiger partial charge in [0.05, 0.1) is 5.56 Å². The van der Waals surface area contributed by atoms with E-state index in [-0.39, 0.29) is 25.1 Å². The highest BCUT2D eigenvalue weighted by molar-refractivity contribution is 5.88. The summed E-state index contributed by atoms with van der Waals surface area (Å²) < 4.78 is 60.8. The maximum Gasteiger partial charge on any atom is 0.416 e. The number of carboxylic acids is 1. The van der Waals surface area contributed by atoms with Crippen molar-refractivity contribution in [1.82, 2.24) is 10.2 Å². The van der Waals surface area contributed by atoms with Gasteiger partial charge in [0.1, 0.15) is 30.3 Å². The van der Waals surface area contributed by atoms with Crippen LogP contribution in [0.5, 0.6) is 5.75 Å². The van der Waals surface area contributed by atoms with Crippen molar-refractivity contribution in [3.05, 3.63) is 137 Å². The number of nitrogens with zero attached hydrogens (tertiary/aromatic N) is 1. The average molecular weight is 701 g/mol. The molecule has 1 fully saturated rings. The Kier molecular flexibility index (Phi) is 10.8. The molecule has 0 radical (unpaired) electrons. The molecule has 10 heteroatoms. The van der Waals surface area contributed by atoms with Crippen LogP contribution in [0.1, 0.15) is 59.9 Å². The summed E-state index contributed by atoms with van der Waals surface area (Å²) in [6.07, 6.45) is 0.719. The molecule has 266 valence electrons. The molecule has 2 aliphatic rings. The molecule has 2 atom stereocenters. The number of carbonyl (C=O) groups is 2. The third-order valence-corrected chi connectivity index (χ3v) is 9.94. The van der Waals surface area contributed by atoms with Crippen molar-refractivity contribution in [3.63, 3.8) is 0 Å². The van der Waals surface area contributed by atoms with E-state index < -0.39 is 53.7 Å². The van der Waals surface area contributed by atoms with Crippen LogP contribution in [0.4, 0.5) is 17.6 Å². The van der Waals surface area contributed by atoms with Crippen molar-refractivity contribution in [2.75, 3.05) is 0 Å². The number of ether oxygens (including phenoxy) is 1. The van der Waals surface area contributed by atoms with Crippen LogP contribution in [0.2, 0.25) is 0 Å². The third kappa shape index (κ3) is 8.61. The lowest BCUT2D eigenvalue weighted by molar-refractivity contribution is -0.142. The van der Waals surface area contributed by atoms with Crippen molar-refractivity contribution >= 4 is 11.9 Å². The second-order valence-corrected chi connectivity index (χ2v) is 13.4. The number of carbonyl (C=O) groups excluding carboxylic acids is 1. The van der Waals surface area contributed by atoms with Crippen molar-refractivity contribution < 1.29 is 37.0 Å². The Bertz CT molecular complexity index is 1870.